The van der Waals surface area contributed by atoms with Crippen molar-refractivity contribution in [1.82, 2.24) is 10.6 Å². The molecule has 20 heavy (non-hydrogen) atoms. The summed E-state index contributed by atoms with van der Waals surface area (Å²) in [6.07, 6.45) is 3.56. The maximum Gasteiger partial charge on any atom is 0.251 e. The molecule has 0 spiro atoms. The van der Waals surface area contributed by atoms with Gasteiger partial charge in [-0.25, -0.2) is 0 Å². The first-order valence-corrected chi connectivity index (χ1v) is 7.51. The highest BCUT2D eigenvalue weighted by atomic mass is 16.5. The van der Waals surface area contributed by atoms with Gasteiger partial charge in [0, 0.05) is 12.1 Å². The number of amides is 1. The smallest absolute Gasteiger partial charge is 0.251 e. The summed E-state index contributed by atoms with van der Waals surface area (Å²) in [6.45, 7) is 5.50. The maximum absolute atomic E-state index is 12.1. The van der Waals surface area contributed by atoms with Crippen LogP contribution in [0, 0.1) is 5.92 Å². The number of hydrogen-bond donors (Lipinski definition) is 2. The highest BCUT2D eigenvalue weighted by Gasteiger charge is 2.13. The molecule has 1 unspecified atom stereocenters. The fraction of sp³-hybridized carbons (Fsp3) is 0.562. The Hall–Kier alpha value is -1.55. The summed E-state index contributed by atoms with van der Waals surface area (Å²) in [6, 6.07) is 7.33. The molecular weight excluding hydrogens is 252 g/mol. The van der Waals surface area contributed by atoms with Crippen LogP contribution >= 0.6 is 0 Å². The van der Waals surface area contributed by atoms with Crippen LogP contribution in [0.1, 0.15) is 36.5 Å². The van der Waals surface area contributed by atoms with Crippen LogP contribution in [0.2, 0.25) is 0 Å². The Morgan fingerprint density at radius 3 is 3.15 bits per heavy atom. The normalized spacial score (nSPS) is 18.6. The maximum atomic E-state index is 12.1. The molecule has 1 atom stereocenters. The number of carbonyl (C=O) groups is 1. The number of ether oxygens (including phenoxy) is 1. The predicted molar refractivity (Wildman–Crippen MR) is 80.2 cm³/mol. The van der Waals surface area contributed by atoms with Crippen LogP contribution in [0.4, 0.5) is 0 Å². The van der Waals surface area contributed by atoms with Crippen LogP contribution < -0.4 is 15.4 Å². The molecule has 1 fully saturated rings. The first-order valence-electron chi connectivity index (χ1n) is 7.51. The minimum atomic E-state index is -0.0182. The zero-order chi connectivity index (χ0) is 14.2. The predicted octanol–water partition coefficient (Wildman–Crippen LogP) is 2.20. The van der Waals surface area contributed by atoms with Crippen molar-refractivity contribution >= 4 is 5.91 Å². The number of benzene rings is 1. The Balaban J connectivity index is 1.77. The first kappa shape index (κ1) is 14.9. The molecule has 4 heteroatoms. The van der Waals surface area contributed by atoms with Gasteiger partial charge in [-0.15, -0.1) is 0 Å². The molecule has 2 N–H and O–H groups in total. The lowest BCUT2D eigenvalue weighted by atomic mass is 9.96. The fourth-order valence-corrected chi connectivity index (χ4v) is 2.56. The van der Waals surface area contributed by atoms with Gasteiger partial charge < -0.3 is 15.4 Å². The summed E-state index contributed by atoms with van der Waals surface area (Å²) in [5.74, 6) is 1.42. The molecule has 1 amide bonds. The van der Waals surface area contributed by atoms with Gasteiger partial charge in [-0.1, -0.05) is 6.07 Å². The lowest BCUT2D eigenvalue weighted by molar-refractivity contribution is 0.0950. The van der Waals surface area contributed by atoms with E-state index in [4.69, 9.17) is 4.74 Å². The second kappa shape index (κ2) is 7.90. The topological polar surface area (TPSA) is 50.4 Å². The molecule has 0 radical (unpaired) electrons. The Kier molecular flexibility index (Phi) is 5.87. The van der Waals surface area contributed by atoms with Crippen LogP contribution in [0.25, 0.3) is 0 Å². The van der Waals surface area contributed by atoms with Gasteiger partial charge in [-0.05, 0) is 63.4 Å². The average Bonchev–Trinajstić information content (AvgIpc) is 2.49. The van der Waals surface area contributed by atoms with Crippen molar-refractivity contribution in [3.05, 3.63) is 29.8 Å². The standard InChI is InChI=1S/C16H24N2O2/c1-2-20-15-7-3-6-14(11-15)16(19)18-10-8-13-5-4-9-17-12-13/h3,6-7,11,13,17H,2,4-5,8-10,12H2,1H3,(H,18,19). The molecular formula is C16H24N2O2. The molecule has 1 aromatic rings. The lowest BCUT2D eigenvalue weighted by Crippen LogP contribution is -2.33. The van der Waals surface area contributed by atoms with Gasteiger partial charge >= 0.3 is 0 Å². The molecule has 0 bridgehead atoms. The summed E-state index contributed by atoms with van der Waals surface area (Å²) in [7, 11) is 0. The molecule has 110 valence electrons. The molecule has 0 aromatic heterocycles. The molecule has 1 saturated heterocycles. The van der Waals surface area contributed by atoms with E-state index in [0.717, 1.165) is 31.8 Å². The molecule has 1 aromatic carbocycles. The Bertz CT molecular complexity index is 428. The molecule has 0 aliphatic carbocycles. The first-order chi connectivity index (χ1) is 9.79. The van der Waals surface area contributed by atoms with E-state index < -0.39 is 0 Å². The second-order valence-electron chi connectivity index (χ2n) is 5.22. The number of hydrogen-bond acceptors (Lipinski definition) is 3. The van der Waals surface area contributed by atoms with Gasteiger partial charge in [0.25, 0.3) is 5.91 Å². The van der Waals surface area contributed by atoms with Crippen LogP contribution in [-0.2, 0) is 0 Å². The summed E-state index contributed by atoms with van der Waals surface area (Å²) in [5.41, 5.74) is 0.665. The van der Waals surface area contributed by atoms with Gasteiger partial charge in [0.1, 0.15) is 5.75 Å². The van der Waals surface area contributed by atoms with Crippen molar-refractivity contribution in [2.45, 2.75) is 26.2 Å². The molecule has 0 saturated carbocycles. The van der Waals surface area contributed by atoms with Crippen LogP contribution in [0.15, 0.2) is 24.3 Å². The van der Waals surface area contributed by atoms with Gasteiger partial charge in [0.2, 0.25) is 0 Å². The molecule has 1 aliphatic rings. The summed E-state index contributed by atoms with van der Waals surface area (Å²) < 4.78 is 5.41. The third-order valence-corrected chi connectivity index (χ3v) is 3.64. The zero-order valence-electron chi connectivity index (χ0n) is 12.2. The van der Waals surface area contributed by atoms with Crippen molar-refractivity contribution in [1.29, 1.82) is 0 Å². The monoisotopic (exact) mass is 276 g/mol. The van der Waals surface area contributed by atoms with E-state index in [1.165, 1.54) is 12.8 Å². The van der Waals surface area contributed by atoms with E-state index in [2.05, 4.69) is 10.6 Å². The molecule has 2 rings (SSSR count). The number of carbonyl (C=O) groups excluding carboxylic acids is 1. The fourth-order valence-electron chi connectivity index (χ4n) is 2.56. The molecule has 1 heterocycles. The number of piperidine rings is 1. The quantitative estimate of drug-likeness (QED) is 0.837. The van der Waals surface area contributed by atoms with E-state index in [9.17, 15) is 4.79 Å². The highest BCUT2D eigenvalue weighted by molar-refractivity contribution is 5.94. The Labute approximate surface area is 120 Å². The van der Waals surface area contributed by atoms with Gasteiger partial charge in [0.15, 0.2) is 0 Å². The number of nitrogens with one attached hydrogen (secondary N) is 2. The third kappa shape index (κ3) is 4.53. The van der Waals surface area contributed by atoms with E-state index in [-0.39, 0.29) is 5.91 Å². The van der Waals surface area contributed by atoms with Gasteiger partial charge in [-0.2, -0.15) is 0 Å². The SMILES string of the molecule is CCOc1cccc(C(=O)NCCC2CCCNC2)c1. The Morgan fingerprint density at radius 1 is 1.50 bits per heavy atom. The van der Waals surface area contributed by atoms with Crippen molar-refractivity contribution in [2.75, 3.05) is 26.2 Å². The van der Waals surface area contributed by atoms with Crippen molar-refractivity contribution < 1.29 is 9.53 Å². The van der Waals surface area contributed by atoms with E-state index >= 15 is 0 Å². The molecule has 1 aliphatic heterocycles. The minimum Gasteiger partial charge on any atom is -0.494 e. The van der Waals surface area contributed by atoms with Crippen molar-refractivity contribution in [3.8, 4) is 5.75 Å². The Morgan fingerprint density at radius 2 is 2.40 bits per heavy atom. The summed E-state index contributed by atoms with van der Waals surface area (Å²) >= 11 is 0. The van der Waals surface area contributed by atoms with Crippen LogP contribution in [0.5, 0.6) is 5.75 Å². The second-order valence-corrected chi connectivity index (χ2v) is 5.22. The number of rotatable bonds is 6. The van der Waals surface area contributed by atoms with E-state index in [1.54, 1.807) is 6.07 Å². The largest absolute Gasteiger partial charge is 0.494 e. The van der Waals surface area contributed by atoms with Gasteiger partial charge in [0.05, 0.1) is 6.61 Å². The lowest BCUT2D eigenvalue weighted by Gasteiger charge is -2.22. The highest BCUT2D eigenvalue weighted by Crippen LogP contribution is 2.14. The van der Waals surface area contributed by atoms with E-state index in [0.29, 0.717) is 18.1 Å². The molecule has 4 nitrogen and oxygen atoms in total. The van der Waals surface area contributed by atoms with Crippen molar-refractivity contribution in [3.63, 3.8) is 0 Å². The third-order valence-electron chi connectivity index (χ3n) is 3.64. The van der Waals surface area contributed by atoms with Gasteiger partial charge in [-0.3, -0.25) is 4.79 Å². The summed E-state index contributed by atoms with van der Waals surface area (Å²) in [5, 5.41) is 6.39. The van der Waals surface area contributed by atoms with Crippen molar-refractivity contribution in [2.24, 2.45) is 5.92 Å². The van der Waals surface area contributed by atoms with Crippen LogP contribution in [0.3, 0.4) is 0 Å². The minimum absolute atomic E-state index is 0.0182. The zero-order valence-corrected chi connectivity index (χ0v) is 12.2. The average molecular weight is 276 g/mol. The summed E-state index contributed by atoms with van der Waals surface area (Å²) in [4.78, 5) is 12.1. The van der Waals surface area contributed by atoms with E-state index in [1.807, 2.05) is 25.1 Å². The van der Waals surface area contributed by atoms with Crippen LogP contribution in [-0.4, -0.2) is 32.1 Å².